The summed E-state index contributed by atoms with van der Waals surface area (Å²) in [6.45, 7) is 1.61. The number of aromatic amines is 1. The molecule has 3 rings (SSSR count). The lowest BCUT2D eigenvalue weighted by atomic mass is 10.2. The Labute approximate surface area is 148 Å². The van der Waals surface area contributed by atoms with Gasteiger partial charge in [0.05, 0.1) is 12.7 Å². The van der Waals surface area contributed by atoms with Crippen LogP contribution in [0.3, 0.4) is 0 Å². The molecule has 1 aromatic carbocycles. The molecule has 7 nitrogen and oxygen atoms in total. The van der Waals surface area contributed by atoms with Crippen LogP contribution in [-0.2, 0) is 9.26 Å². The monoisotopic (exact) mass is 386 g/mol. The van der Waals surface area contributed by atoms with Crippen LogP contribution in [0.25, 0.3) is 0 Å². The topological polar surface area (TPSA) is 82.6 Å². The van der Waals surface area contributed by atoms with E-state index >= 15 is 0 Å². The second-order valence-electron chi connectivity index (χ2n) is 5.73. The number of benzene rings is 1. The van der Waals surface area contributed by atoms with Gasteiger partial charge in [0.25, 0.3) is 11.5 Å². The first kappa shape index (κ1) is 18.7. The number of rotatable bonds is 6. The predicted octanol–water partition coefficient (Wildman–Crippen LogP) is 2.50. The van der Waals surface area contributed by atoms with Crippen molar-refractivity contribution in [1.82, 2.24) is 9.55 Å². The molecule has 1 aliphatic rings. The number of nitrogens with zero attached hydrogens (tertiary/aromatic N) is 1. The van der Waals surface area contributed by atoms with Gasteiger partial charge in [-0.05, 0) is 12.1 Å². The molecule has 3 unspecified atom stereocenters. The lowest BCUT2D eigenvalue weighted by molar-refractivity contribution is -0.119. The van der Waals surface area contributed by atoms with Crippen molar-refractivity contribution in [3.05, 3.63) is 63.4 Å². The Bertz CT molecular complexity index is 857. The van der Waals surface area contributed by atoms with Crippen molar-refractivity contribution in [3.63, 3.8) is 0 Å². The largest absolute Gasteiger partial charge is 0.448 e. The minimum absolute atomic E-state index is 0.0980. The molecular weight excluding hydrogens is 369 g/mol. The molecule has 26 heavy (non-hydrogen) atoms. The van der Waals surface area contributed by atoms with Crippen molar-refractivity contribution in [2.45, 2.75) is 24.7 Å². The van der Waals surface area contributed by atoms with Gasteiger partial charge in [0.1, 0.15) is 5.75 Å². The summed E-state index contributed by atoms with van der Waals surface area (Å²) in [4.78, 5) is 24.8. The van der Waals surface area contributed by atoms with E-state index in [0.717, 1.165) is 12.3 Å². The summed E-state index contributed by atoms with van der Waals surface area (Å²) in [6, 6.07) is 9.99. The quantitative estimate of drug-likeness (QED) is 0.772. The molecule has 1 saturated heterocycles. The Balaban J connectivity index is 1.60. The van der Waals surface area contributed by atoms with Gasteiger partial charge in [0.2, 0.25) is 14.6 Å². The average Bonchev–Trinajstić information content (AvgIpc) is 2.88. The van der Waals surface area contributed by atoms with E-state index in [9.17, 15) is 18.4 Å². The van der Waals surface area contributed by atoms with E-state index in [-0.39, 0.29) is 6.61 Å². The molecule has 1 fully saturated rings. The molecule has 0 radical (unpaired) electrons. The minimum Gasteiger partial charge on any atom is -0.448 e. The van der Waals surface area contributed by atoms with Crippen molar-refractivity contribution < 1.29 is 22.6 Å². The number of nitrogens with one attached hydrogen (secondary N) is 1. The van der Waals surface area contributed by atoms with Crippen molar-refractivity contribution in [2.24, 2.45) is 0 Å². The minimum atomic E-state index is -3.27. The number of ether oxygens (including phenoxy) is 1. The Hall–Kier alpha value is -2.09. The molecule has 1 aromatic heterocycles. The summed E-state index contributed by atoms with van der Waals surface area (Å²) in [5.74, 6) is -2.65. The fourth-order valence-electron chi connectivity index (χ4n) is 2.56. The summed E-state index contributed by atoms with van der Waals surface area (Å²) in [7, 11) is -1.32. The second kappa shape index (κ2) is 7.65. The fraction of sp³-hybridized carbons (Fsp3) is 0.375. The van der Waals surface area contributed by atoms with Gasteiger partial charge < -0.3 is 13.8 Å². The number of hydrogen-bond donors (Lipinski definition) is 1. The van der Waals surface area contributed by atoms with E-state index in [1.165, 1.54) is 0 Å². The highest BCUT2D eigenvalue weighted by Gasteiger charge is 2.52. The Morgan fingerprint density at radius 3 is 2.73 bits per heavy atom. The zero-order valence-corrected chi connectivity index (χ0v) is 14.7. The number of aromatic nitrogens is 2. The van der Waals surface area contributed by atoms with E-state index in [0.29, 0.717) is 10.3 Å². The number of alkyl halides is 2. The fourth-order valence-corrected chi connectivity index (χ4v) is 3.41. The van der Waals surface area contributed by atoms with Gasteiger partial charge in [-0.15, -0.1) is 0 Å². The maximum absolute atomic E-state index is 14.2. The second-order valence-corrected chi connectivity index (χ2v) is 7.05. The van der Waals surface area contributed by atoms with Crippen molar-refractivity contribution >= 4 is 8.38 Å². The zero-order valence-electron chi connectivity index (χ0n) is 13.8. The summed E-state index contributed by atoms with van der Waals surface area (Å²) >= 11 is 0. The Kier molecular flexibility index (Phi) is 5.50. The maximum atomic E-state index is 14.2. The first-order chi connectivity index (χ1) is 12.3. The van der Waals surface area contributed by atoms with Crippen LogP contribution in [0.2, 0.25) is 0 Å². The lowest BCUT2D eigenvalue weighted by Crippen LogP contribution is -2.37. The first-order valence-corrected chi connectivity index (χ1v) is 9.42. The molecule has 0 spiro atoms. The van der Waals surface area contributed by atoms with E-state index in [1.54, 1.807) is 18.8 Å². The van der Waals surface area contributed by atoms with Crippen LogP contribution in [0.1, 0.15) is 12.6 Å². The van der Waals surface area contributed by atoms with Gasteiger partial charge in [-0.2, -0.15) is 0 Å². The summed E-state index contributed by atoms with van der Waals surface area (Å²) in [5, 5.41) is 0. The number of halogens is 2. The molecule has 0 amide bonds. The Morgan fingerprint density at radius 2 is 2.04 bits per heavy atom. The summed E-state index contributed by atoms with van der Waals surface area (Å²) < 4.78 is 45.5. The van der Waals surface area contributed by atoms with Crippen LogP contribution in [0, 0.1) is 0 Å². The van der Waals surface area contributed by atoms with Gasteiger partial charge in [-0.1, -0.05) is 18.2 Å². The number of para-hydroxylation sites is 1. The summed E-state index contributed by atoms with van der Waals surface area (Å²) in [6.07, 6.45) is -2.30. The van der Waals surface area contributed by atoms with Crippen LogP contribution in [0.15, 0.2) is 52.2 Å². The van der Waals surface area contributed by atoms with E-state index < -0.39 is 44.3 Å². The van der Waals surface area contributed by atoms with E-state index in [1.807, 2.05) is 23.2 Å². The zero-order chi connectivity index (χ0) is 18.7. The molecule has 1 N–H and O–H groups in total. The molecule has 1 aliphatic heterocycles. The third kappa shape index (κ3) is 4.35. The highest BCUT2D eigenvalue weighted by molar-refractivity contribution is 7.46. The van der Waals surface area contributed by atoms with Crippen molar-refractivity contribution in [1.29, 1.82) is 0 Å². The molecule has 10 heteroatoms. The molecule has 140 valence electrons. The molecule has 2 aromatic rings. The van der Waals surface area contributed by atoms with E-state index in [2.05, 4.69) is 0 Å². The van der Waals surface area contributed by atoms with Crippen molar-refractivity contribution in [2.75, 3.05) is 13.3 Å². The van der Waals surface area contributed by atoms with Crippen LogP contribution >= 0.6 is 8.38 Å². The Morgan fingerprint density at radius 1 is 1.31 bits per heavy atom. The normalized spacial score (nSPS) is 22.9. The molecular formula is C16H17F2N2O5P. The SMILES string of the molecule is CP(OCC1CC(F)(F)C(n2ccc(=O)[nH]c2=O)O1)Oc1ccccc1. The summed E-state index contributed by atoms with van der Waals surface area (Å²) in [5.41, 5.74) is -1.61. The highest BCUT2D eigenvalue weighted by atomic mass is 31.2. The molecule has 0 saturated carbocycles. The molecule has 0 bridgehead atoms. The third-order valence-electron chi connectivity index (χ3n) is 3.71. The van der Waals surface area contributed by atoms with Crippen LogP contribution in [0.4, 0.5) is 8.78 Å². The van der Waals surface area contributed by atoms with Crippen LogP contribution in [0.5, 0.6) is 5.75 Å². The molecule has 2 heterocycles. The van der Waals surface area contributed by atoms with Gasteiger partial charge in [-0.25, -0.2) is 13.6 Å². The predicted molar refractivity (Wildman–Crippen MR) is 90.7 cm³/mol. The van der Waals surface area contributed by atoms with Gasteiger partial charge >= 0.3 is 5.69 Å². The standard InChI is InChI=1S/C16H17F2N2O5P/c1-26(25-11-5-3-2-4-6-11)23-10-12-9-16(17,18)14(24-12)20-8-7-13(21)19-15(20)22/h2-8,12,14H,9-10H2,1H3,(H,19,21,22). The van der Waals surface area contributed by atoms with Crippen molar-refractivity contribution in [3.8, 4) is 5.75 Å². The third-order valence-corrected chi connectivity index (χ3v) is 4.69. The van der Waals surface area contributed by atoms with Gasteiger partial charge in [-0.3, -0.25) is 14.3 Å². The van der Waals surface area contributed by atoms with E-state index in [4.69, 9.17) is 13.8 Å². The molecule has 3 atom stereocenters. The number of H-pyrrole nitrogens is 1. The lowest BCUT2D eigenvalue weighted by Gasteiger charge is -2.19. The number of hydrogen-bond acceptors (Lipinski definition) is 5. The van der Waals surface area contributed by atoms with Crippen LogP contribution in [-0.4, -0.2) is 34.8 Å². The average molecular weight is 386 g/mol. The smallest absolute Gasteiger partial charge is 0.330 e. The molecule has 0 aliphatic carbocycles. The maximum Gasteiger partial charge on any atom is 0.330 e. The van der Waals surface area contributed by atoms with Gasteiger partial charge in [0, 0.05) is 25.3 Å². The first-order valence-electron chi connectivity index (χ1n) is 7.79. The highest BCUT2D eigenvalue weighted by Crippen LogP contribution is 2.43. The van der Waals surface area contributed by atoms with Gasteiger partial charge in [0.15, 0.2) is 0 Å². The van der Waals surface area contributed by atoms with Crippen LogP contribution < -0.4 is 15.8 Å².